The molecule has 4 aromatic heterocycles. The van der Waals surface area contributed by atoms with Crippen molar-refractivity contribution in [2.24, 2.45) is 5.92 Å². The first-order valence-electron chi connectivity index (χ1n) is 9.89. The summed E-state index contributed by atoms with van der Waals surface area (Å²) in [6.45, 7) is 2.36. The highest BCUT2D eigenvalue weighted by molar-refractivity contribution is 5.87. The molecule has 1 aliphatic carbocycles. The first kappa shape index (κ1) is 19.1. The highest BCUT2D eigenvalue weighted by Crippen LogP contribution is 2.31. The first-order valence-corrected chi connectivity index (χ1v) is 9.89. The predicted octanol–water partition coefficient (Wildman–Crippen LogP) is 3.79. The molecule has 3 N–H and O–H groups in total. The van der Waals surface area contributed by atoms with Crippen molar-refractivity contribution in [3.05, 3.63) is 36.5 Å². The summed E-state index contributed by atoms with van der Waals surface area (Å²) in [5, 5.41) is 11.3. The van der Waals surface area contributed by atoms with Crippen LogP contribution in [0.4, 0.5) is 16.2 Å². The van der Waals surface area contributed by atoms with E-state index in [1.807, 2.05) is 0 Å². The van der Waals surface area contributed by atoms with E-state index in [1.54, 1.807) is 36.1 Å². The molecule has 0 spiro atoms. The van der Waals surface area contributed by atoms with Gasteiger partial charge in [-0.2, -0.15) is 10.1 Å². The zero-order valence-corrected chi connectivity index (χ0v) is 16.6. The van der Waals surface area contributed by atoms with Gasteiger partial charge in [-0.25, -0.2) is 18.4 Å². The van der Waals surface area contributed by atoms with Crippen LogP contribution in [0.2, 0.25) is 0 Å². The van der Waals surface area contributed by atoms with Gasteiger partial charge in [0.15, 0.2) is 17.3 Å². The fraction of sp³-hybridized carbons (Fsp3) is 0.400. The van der Waals surface area contributed by atoms with Gasteiger partial charge in [-0.15, -0.1) is 5.10 Å². The number of nitrogens with zero attached hydrogens (tertiary/aromatic N) is 6. The van der Waals surface area contributed by atoms with Crippen molar-refractivity contribution in [3.63, 3.8) is 0 Å². The average Bonchev–Trinajstić information content (AvgIpc) is 3.31. The van der Waals surface area contributed by atoms with E-state index in [2.05, 4.69) is 32.4 Å². The van der Waals surface area contributed by atoms with E-state index in [0.29, 0.717) is 28.2 Å². The van der Waals surface area contributed by atoms with Gasteiger partial charge in [-0.3, -0.25) is 0 Å². The van der Waals surface area contributed by atoms with Gasteiger partial charge in [0.1, 0.15) is 5.52 Å². The summed E-state index contributed by atoms with van der Waals surface area (Å²) in [7, 11) is 1.68. The zero-order chi connectivity index (χ0) is 20.4. The highest BCUT2D eigenvalue weighted by atomic mass is 19.1. The smallest absolute Gasteiger partial charge is 0.240 e. The highest BCUT2D eigenvalue weighted by Gasteiger charge is 2.20. The zero-order valence-electron chi connectivity index (χ0n) is 16.6. The quantitative estimate of drug-likeness (QED) is 0.535. The lowest BCUT2D eigenvalue weighted by atomic mass is 9.91. The van der Waals surface area contributed by atoms with Crippen molar-refractivity contribution in [3.8, 4) is 11.3 Å². The first-order chi connectivity index (χ1) is 14.1. The van der Waals surface area contributed by atoms with Crippen LogP contribution in [0.3, 0.4) is 0 Å². The van der Waals surface area contributed by atoms with Crippen molar-refractivity contribution in [1.29, 1.82) is 0 Å². The normalized spacial score (nSPS) is 14.7. The molecule has 0 atom stereocenters. The number of hydrogen-bond donors (Lipinski definition) is 2. The molecule has 4 heterocycles. The summed E-state index contributed by atoms with van der Waals surface area (Å²) in [5.41, 5.74) is 7.54. The molecule has 0 amide bonds. The number of nitrogens with one attached hydrogen (secondary N) is 1. The van der Waals surface area contributed by atoms with Crippen LogP contribution in [0.5, 0.6) is 0 Å². The minimum absolute atomic E-state index is 0.0522. The largest absolute Gasteiger partial charge is 0.371 e. The van der Waals surface area contributed by atoms with E-state index in [9.17, 15) is 4.39 Å². The Labute approximate surface area is 168 Å². The number of imidazole rings is 1. The number of nitrogens with two attached hydrogens (primary N) is 1. The molecule has 0 aromatic carbocycles. The maximum atomic E-state index is 14.4. The molecule has 8 nitrogen and oxygen atoms in total. The minimum atomic E-state index is -0.455. The standard InChI is InChI=1S/C13H11FN8.C7H14/c1-16-12-11-10(7(14)6-22(11)20-13(15)18-12)8-2-3-9-17-4-5-21(9)19-8;1-7-5-3-2-4-6-7/h2-6H,1H3,(H3,15,16,18,20);7H,2-6H2,1H3. The van der Waals surface area contributed by atoms with Gasteiger partial charge in [0.2, 0.25) is 5.95 Å². The van der Waals surface area contributed by atoms with Gasteiger partial charge >= 0.3 is 0 Å². The molecular formula is C20H25FN8. The summed E-state index contributed by atoms with van der Waals surface area (Å²) in [6, 6.07) is 3.47. The molecule has 0 bridgehead atoms. The molecule has 4 aromatic rings. The Morgan fingerprint density at radius 2 is 1.93 bits per heavy atom. The molecular weight excluding hydrogens is 371 g/mol. The van der Waals surface area contributed by atoms with Crippen LogP contribution < -0.4 is 11.1 Å². The third-order valence-corrected chi connectivity index (χ3v) is 5.24. The lowest BCUT2D eigenvalue weighted by Crippen LogP contribution is -2.05. The second-order valence-electron chi connectivity index (χ2n) is 7.41. The van der Waals surface area contributed by atoms with E-state index in [1.165, 1.54) is 42.8 Å². The Kier molecular flexibility index (Phi) is 5.28. The van der Waals surface area contributed by atoms with Crippen molar-refractivity contribution < 1.29 is 4.39 Å². The maximum Gasteiger partial charge on any atom is 0.240 e. The van der Waals surface area contributed by atoms with E-state index in [4.69, 9.17) is 5.73 Å². The molecule has 0 radical (unpaired) electrons. The molecule has 0 aliphatic heterocycles. The number of fused-ring (bicyclic) bond motifs is 2. The van der Waals surface area contributed by atoms with Crippen molar-refractivity contribution in [2.45, 2.75) is 39.0 Å². The maximum absolute atomic E-state index is 14.4. The Hall–Kier alpha value is -3.23. The van der Waals surface area contributed by atoms with E-state index >= 15 is 0 Å². The third-order valence-electron chi connectivity index (χ3n) is 5.24. The van der Waals surface area contributed by atoms with Crippen LogP contribution in [0.25, 0.3) is 22.4 Å². The summed E-state index contributed by atoms with van der Waals surface area (Å²) in [4.78, 5) is 8.21. The SMILES string of the molecule is CC1CCCCC1.CNc1nc(N)nn2cc(F)c(-c3ccc4nccn4n3)c12. The topological polar surface area (TPSA) is 98.4 Å². The molecule has 152 valence electrons. The second kappa shape index (κ2) is 8.02. The van der Waals surface area contributed by atoms with E-state index in [-0.39, 0.29) is 5.95 Å². The molecule has 0 saturated heterocycles. The van der Waals surface area contributed by atoms with Crippen molar-refractivity contribution >= 4 is 22.9 Å². The fourth-order valence-corrected chi connectivity index (χ4v) is 3.74. The minimum Gasteiger partial charge on any atom is -0.371 e. The van der Waals surface area contributed by atoms with Gasteiger partial charge in [-0.05, 0) is 18.1 Å². The van der Waals surface area contributed by atoms with Crippen LogP contribution in [0.15, 0.2) is 30.7 Å². The molecule has 0 unspecified atom stereocenters. The Bertz CT molecular complexity index is 1130. The fourth-order valence-electron chi connectivity index (χ4n) is 3.74. The molecule has 1 fully saturated rings. The number of rotatable bonds is 2. The Morgan fingerprint density at radius 1 is 1.14 bits per heavy atom. The number of aromatic nitrogens is 6. The summed E-state index contributed by atoms with van der Waals surface area (Å²) >= 11 is 0. The van der Waals surface area contributed by atoms with Gasteiger partial charge in [0.05, 0.1) is 17.5 Å². The van der Waals surface area contributed by atoms with Crippen molar-refractivity contribution in [1.82, 2.24) is 29.2 Å². The Balaban J connectivity index is 0.000000249. The third kappa shape index (κ3) is 3.85. The molecule has 1 saturated carbocycles. The number of halogens is 1. The number of nitrogen functional groups attached to an aromatic ring is 1. The lowest BCUT2D eigenvalue weighted by Gasteiger charge is -2.15. The Morgan fingerprint density at radius 3 is 2.62 bits per heavy atom. The predicted molar refractivity (Wildman–Crippen MR) is 111 cm³/mol. The summed E-state index contributed by atoms with van der Waals surface area (Å²) < 4.78 is 17.4. The van der Waals surface area contributed by atoms with E-state index in [0.717, 1.165) is 5.92 Å². The van der Waals surface area contributed by atoms with Crippen LogP contribution in [0, 0.1) is 11.7 Å². The molecule has 5 rings (SSSR count). The monoisotopic (exact) mass is 396 g/mol. The van der Waals surface area contributed by atoms with Crippen LogP contribution in [-0.2, 0) is 0 Å². The van der Waals surface area contributed by atoms with Crippen LogP contribution in [0.1, 0.15) is 39.0 Å². The van der Waals surface area contributed by atoms with Crippen LogP contribution in [-0.4, -0.2) is 36.2 Å². The average molecular weight is 396 g/mol. The summed E-state index contributed by atoms with van der Waals surface area (Å²) in [5.74, 6) is 1.06. The lowest BCUT2D eigenvalue weighted by molar-refractivity contribution is 0.385. The van der Waals surface area contributed by atoms with Crippen molar-refractivity contribution in [2.75, 3.05) is 18.1 Å². The van der Waals surface area contributed by atoms with Crippen LogP contribution >= 0.6 is 0 Å². The van der Waals surface area contributed by atoms with Gasteiger partial charge in [-0.1, -0.05) is 39.0 Å². The van der Waals surface area contributed by atoms with Gasteiger partial charge in [0, 0.05) is 19.4 Å². The van der Waals surface area contributed by atoms with Gasteiger partial charge < -0.3 is 11.1 Å². The second-order valence-corrected chi connectivity index (χ2v) is 7.41. The number of anilines is 2. The van der Waals surface area contributed by atoms with E-state index < -0.39 is 5.82 Å². The molecule has 9 heteroatoms. The summed E-state index contributed by atoms with van der Waals surface area (Å²) in [6.07, 6.45) is 12.0. The molecule has 1 aliphatic rings. The molecule has 29 heavy (non-hydrogen) atoms. The van der Waals surface area contributed by atoms with Gasteiger partial charge in [0.25, 0.3) is 0 Å². The number of hydrogen-bond acceptors (Lipinski definition) is 6.